The lowest BCUT2D eigenvalue weighted by Gasteiger charge is -2.41. The molecular weight excluding hydrogens is 1220 g/mol. The molecule has 0 bridgehead atoms. The molecule has 11 amide bonds. The van der Waals surface area contributed by atoms with Crippen molar-refractivity contribution >= 4 is 76.7 Å². The Kier molecular flexibility index (Phi) is 36.1. The first-order valence-corrected chi connectivity index (χ1v) is 34.6. The standard InChI is InChI=1S/C68H124N12O13S/c1-28-30-32-44(13)55(81)54-59(85)71-47(29-2)61(87)80(26)67(94-34-31-33-73(18)19)66(92)77(23)51(38-68(16,17)93-27)58(84)72-52(42(9)10)64(90)74(20)48(35-39(3)4)57(83)69-45(14)56(82)70-46(15)60(86)75(21)49(36-40(5)6)62(88)76(22)50(37-41(7)8)63(89)78(24)53(43(11)12)65(91)79(54)25/h28,30,39-55,67,81H,29,31-38H2,1-27H3,(H,69,83)(H,70,82)(H,71,85)(H,72,84)/b30-28+/t44-,45+,46-,47+,48+,49+,50+,51+,52+,53+,54+,55-,67-/m1/s1. The number of nitrogens with zero attached hydrogens (tertiary/aromatic N) is 8. The van der Waals surface area contributed by atoms with Gasteiger partial charge < -0.3 is 70.3 Å². The largest absolute Gasteiger partial charge is 0.390 e. The third-order valence-electron chi connectivity index (χ3n) is 17.8. The van der Waals surface area contributed by atoms with Crippen molar-refractivity contribution < 1.29 is 62.6 Å². The highest BCUT2D eigenvalue weighted by Crippen LogP contribution is 2.28. The van der Waals surface area contributed by atoms with Crippen LogP contribution in [-0.4, -0.2) is 270 Å². The number of hydrogen-bond donors (Lipinski definition) is 5. The van der Waals surface area contributed by atoms with E-state index in [1.165, 1.54) is 99.7 Å². The summed E-state index contributed by atoms with van der Waals surface area (Å²) in [6, 6.07) is -12.8. The quantitative estimate of drug-likeness (QED) is 0.0801. The summed E-state index contributed by atoms with van der Waals surface area (Å²) in [6.07, 6.45) is 3.26. The van der Waals surface area contributed by atoms with Gasteiger partial charge in [-0.2, -0.15) is 0 Å². The molecule has 0 aromatic heterocycles. The number of rotatable bonds is 21. The second kappa shape index (κ2) is 39.4. The maximum absolute atomic E-state index is 15.4. The van der Waals surface area contributed by atoms with Crippen LogP contribution in [0.5, 0.6) is 0 Å². The highest BCUT2D eigenvalue weighted by atomic mass is 32.2. The van der Waals surface area contributed by atoms with Gasteiger partial charge in [-0.15, -0.1) is 11.8 Å². The molecule has 1 aliphatic heterocycles. The average Bonchev–Trinajstić information content (AvgIpc) is 0.809. The lowest BCUT2D eigenvalue weighted by molar-refractivity contribution is -0.157. The van der Waals surface area contributed by atoms with Gasteiger partial charge in [0.15, 0.2) is 5.37 Å². The predicted molar refractivity (Wildman–Crippen MR) is 369 cm³/mol. The lowest BCUT2D eigenvalue weighted by atomic mass is 9.91. The average molecular weight is 1350 g/mol. The van der Waals surface area contributed by atoms with E-state index in [-0.39, 0.29) is 49.9 Å². The van der Waals surface area contributed by atoms with E-state index >= 15 is 33.6 Å². The van der Waals surface area contributed by atoms with Crippen LogP contribution in [-0.2, 0) is 57.5 Å². The third-order valence-corrected chi connectivity index (χ3v) is 19.1. The predicted octanol–water partition coefficient (Wildman–Crippen LogP) is 4.05. The first-order chi connectivity index (χ1) is 43.4. The van der Waals surface area contributed by atoms with E-state index in [2.05, 4.69) is 21.3 Å². The summed E-state index contributed by atoms with van der Waals surface area (Å²) in [5.74, 6) is -9.59. The van der Waals surface area contributed by atoms with E-state index in [1.54, 1.807) is 68.4 Å². The SMILES string of the molecule is C/C=C/C[C@@H](C)[C@@H](O)[C@H]1C(=O)N[C@@H](CC)C(=O)N(C)[C@H](SCCCN(C)C)C(=O)N(C)[C@@H](CC(C)(C)OC)C(=O)N[C@@H](C(C)C)C(=O)N(C)[C@@H](CC(C)C)C(=O)N[C@@H](C)C(=O)N[C@H](C)C(=O)N(C)[C@@H](CC(C)C)C(=O)N(C)[C@@H](CC(C)C)C(=O)N(C)[C@@H](C(C)C)C(=O)N1C. The summed E-state index contributed by atoms with van der Waals surface area (Å²) in [5.41, 5.74) is -1.04. The summed E-state index contributed by atoms with van der Waals surface area (Å²) in [7, 11) is 15.3. The van der Waals surface area contributed by atoms with Gasteiger partial charge in [-0.25, -0.2) is 0 Å². The normalized spacial score (nSPS) is 26.5. The Morgan fingerprint density at radius 3 is 1.47 bits per heavy atom. The van der Waals surface area contributed by atoms with Crippen molar-refractivity contribution in [1.82, 2.24) is 60.5 Å². The number of likely N-dealkylation sites (N-methyl/N-ethyl adjacent to an activating group) is 7. The number of nitrogens with one attached hydrogen (secondary N) is 4. The van der Waals surface area contributed by atoms with E-state index in [1.807, 2.05) is 66.6 Å². The first-order valence-electron chi connectivity index (χ1n) is 33.6. The summed E-state index contributed by atoms with van der Waals surface area (Å²) >= 11 is 1.16. The lowest BCUT2D eigenvalue weighted by Crippen LogP contribution is -2.64. The van der Waals surface area contributed by atoms with Crippen LogP contribution >= 0.6 is 11.8 Å². The van der Waals surface area contributed by atoms with Gasteiger partial charge in [0.2, 0.25) is 59.1 Å². The number of thioether (sulfide) groups is 1. The number of aliphatic hydroxyl groups excluding tert-OH is 1. The van der Waals surface area contributed by atoms with Gasteiger partial charge in [-0.05, 0) is 135 Å². The Balaban J connectivity index is 4.59. The molecule has 26 heteroatoms. The van der Waals surface area contributed by atoms with Crippen LogP contribution in [0.1, 0.15) is 163 Å². The van der Waals surface area contributed by atoms with E-state index in [0.29, 0.717) is 25.1 Å². The summed E-state index contributed by atoms with van der Waals surface area (Å²) < 4.78 is 5.83. The van der Waals surface area contributed by atoms with Crippen molar-refractivity contribution in [3.63, 3.8) is 0 Å². The van der Waals surface area contributed by atoms with Crippen LogP contribution in [0.3, 0.4) is 0 Å². The number of methoxy groups -OCH3 is 1. The van der Waals surface area contributed by atoms with Crippen LogP contribution in [0.15, 0.2) is 12.2 Å². The third kappa shape index (κ3) is 24.7. The Bertz CT molecular complexity index is 2570. The zero-order valence-electron chi connectivity index (χ0n) is 62.2. The number of hydrogen-bond acceptors (Lipinski definition) is 15. The van der Waals surface area contributed by atoms with Crippen molar-refractivity contribution in [3.05, 3.63) is 12.2 Å². The van der Waals surface area contributed by atoms with Crippen LogP contribution < -0.4 is 21.3 Å². The monoisotopic (exact) mass is 1350 g/mol. The Labute approximate surface area is 568 Å². The molecule has 0 saturated carbocycles. The molecule has 1 rings (SSSR count). The maximum Gasteiger partial charge on any atom is 0.256 e. The van der Waals surface area contributed by atoms with Gasteiger partial charge >= 0.3 is 0 Å². The van der Waals surface area contributed by atoms with Crippen molar-refractivity contribution in [2.45, 2.75) is 240 Å². The molecular formula is C68H124N12O13S. The first kappa shape index (κ1) is 86.2. The molecule has 1 saturated heterocycles. The highest BCUT2D eigenvalue weighted by Gasteiger charge is 2.47. The van der Waals surface area contributed by atoms with Crippen LogP contribution in [0.2, 0.25) is 0 Å². The molecule has 0 spiro atoms. The summed E-state index contributed by atoms with van der Waals surface area (Å²) in [4.78, 5) is 175. The molecule has 1 aliphatic rings. The molecule has 25 nitrogen and oxygen atoms in total. The van der Waals surface area contributed by atoms with Crippen molar-refractivity contribution in [1.29, 1.82) is 0 Å². The fraction of sp³-hybridized carbons (Fsp3) is 0.809. The molecule has 0 aromatic rings. The second-order valence-corrected chi connectivity index (χ2v) is 29.9. The smallest absolute Gasteiger partial charge is 0.256 e. The summed E-state index contributed by atoms with van der Waals surface area (Å²) in [6.45, 7) is 30.3. The number of aliphatic hydroxyl groups is 1. The number of allylic oxidation sites excluding steroid dienone is 2. The molecule has 13 atom stereocenters. The molecule has 540 valence electrons. The Morgan fingerprint density at radius 1 is 0.543 bits per heavy atom. The highest BCUT2D eigenvalue weighted by molar-refractivity contribution is 8.00. The summed E-state index contributed by atoms with van der Waals surface area (Å²) in [5, 5.41) is 22.2. The fourth-order valence-corrected chi connectivity index (χ4v) is 12.7. The number of amides is 11. The molecule has 0 radical (unpaired) electrons. The molecule has 0 aliphatic carbocycles. The van der Waals surface area contributed by atoms with E-state index in [0.717, 1.165) is 16.7 Å². The number of carbonyl (C=O) groups is 11. The zero-order chi connectivity index (χ0) is 72.9. The minimum absolute atomic E-state index is 0.0122. The molecule has 1 heterocycles. The Hall–Kier alpha value is -5.86. The van der Waals surface area contributed by atoms with Gasteiger partial charge in [0.05, 0.1) is 11.7 Å². The van der Waals surface area contributed by atoms with E-state index in [4.69, 9.17) is 4.74 Å². The second-order valence-electron chi connectivity index (χ2n) is 28.7. The molecule has 0 unspecified atom stereocenters. The van der Waals surface area contributed by atoms with Gasteiger partial charge in [0.25, 0.3) is 5.91 Å². The van der Waals surface area contributed by atoms with E-state index in [9.17, 15) is 24.3 Å². The van der Waals surface area contributed by atoms with Crippen molar-refractivity contribution in [3.8, 4) is 0 Å². The zero-order valence-corrected chi connectivity index (χ0v) is 63.1. The van der Waals surface area contributed by atoms with Gasteiger partial charge in [-0.1, -0.05) is 95.2 Å². The number of carbonyl (C=O) groups excluding carboxylic acids is 11. The van der Waals surface area contributed by atoms with Gasteiger partial charge in [-0.3, -0.25) is 52.7 Å². The van der Waals surface area contributed by atoms with Gasteiger partial charge in [0.1, 0.15) is 60.4 Å². The van der Waals surface area contributed by atoms with E-state index < -0.39 is 160 Å². The molecule has 0 aromatic carbocycles. The van der Waals surface area contributed by atoms with Crippen LogP contribution in [0, 0.1) is 35.5 Å². The van der Waals surface area contributed by atoms with Gasteiger partial charge in [0, 0.05) is 62.9 Å². The number of ether oxygens (including phenoxy) is 1. The van der Waals surface area contributed by atoms with Crippen LogP contribution in [0.4, 0.5) is 0 Å². The van der Waals surface area contributed by atoms with Crippen molar-refractivity contribution in [2.24, 2.45) is 35.5 Å². The van der Waals surface area contributed by atoms with Crippen LogP contribution in [0.25, 0.3) is 0 Å². The molecule has 94 heavy (non-hydrogen) atoms. The minimum atomic E-state index is -1.65. The molecule has 1 fully saturated rings. The maximum atomic E-state index is 15.4. The fourth-order valence-electron chi connectivity index (χ4n) is 11.5. The topological polar surface area (TPSA) is 291 Å². The minimum Gasteiger partial charge on any atom is -0.390 e. The van der Waals surface area contributed by atoms with Crippen molar-refractivity contribution in [2.75, 3.05) is 82.8 Å². The Morgan fingerprint density at radius 2 is 1.00 bits per heavy atom. The molecule has 5 N–H and O–H groups in total.